The molecule has 1 aromatic rings. The maximum absolute atomic E-state index is 12.3. The lowest BCUT2D eigenvalue weighted by Gasteiger charge is -2.17. The van der Waals surface area contributed by atoms with Crippen LogP contribution in [0.15, 0.2) is 58.6 Å². The molecule has 1 N–H and O–H groups in total. The van der Waals surface area contributed by atoms with E-state index in [4.69, 9.17) is 0 Å². The molecular weight excluding hydrogens is 284 g/mol. The van der Waals surface area contributed by atoms with Gasteiger partial charge in [-0.05, 0) is 30.9 Å². The van der Waals surface area contributed by atoms with E-state index in [1.165, 1.54) is 0 Å². The largest absolute Gasteiger partial charge is 0.276 e. The first-order valence-electron chi connectivity index (χ1n) is 7.09. The third kappa shape index (κ3) is 2.03. The molecule has 0 aromatic heterocycles. The van der Waals surface area contributed by atoms with E-state index in [1.807, 2.05) is 6.92 Å². The second-order valence-corrected chi connectivity index (χ2v) is 7.58. The zero-order chi connectivity index (χ0) is 14.6. The summed E-state index contributed by atoms with van der Waals surface area (Å²) >= 11 is 0. The van der Waals surface area contributed by atoms with E-state index in [1.54, 1.807) is 24.3 Å². The average Bonchev–Trinajstić information content (AvgIpc) is 3.22. The monoisotopic (exact) mass is 300 g/mol. The Morgan fingerprint density at radius 3 is 2.24 bits per heavy atom. The summed E-state index contributed by atoms with van der Waals surface area (Å²) in [6, 6.07) is 6.77. The average molecular weight is 300 g/mol. The van der Waals surface area contributed by atoms with Crippen LogP contribution < -0.4 is 4.83 Å². The molecule has 21 heavy (non-hydrogen) atoms. The minimum atomic E-state index is -3.58. The standard InChI is InChI=1S/C16H16N2O2S/c1-10-2-6-12(7-3-10)21(19,20)18-17-16-11-4-8-13-14(9-5-11)15(13)16/h2-9,11,13-15,18H,1H3/b17-16+. The summed E-state index contributed by atoms with van der Waals surface area (Å²) in [4.78, 5) is 2.65. The lowest BCUT2D eigenvalue weighted by atomic mass is 9.91. The molecule has 0 saturated heterocycles. The molecule has 4 rings (SSSR count). The van der Waals surface area contributed by atoms with Crippen LogP contribution in [-0.2, 0) is 10.0 Å². The van der Waals surface area contributed by atoms with Gasteiger partial charge in [-0.25, -0.2) is 4.83 Å². The molecule has 1 aromatic carbocycles. The summed E-state index contributed by atoms with van der Waals surface area (Å²) in [7, 11) is -3.58. The van der Waals surface area contributed by atoms with Gasteiger partial charge in [0.15, 0.2) is 0 Å². The van der Waals surface area contributed by atoms with Gasteiger partial charge in [-0.1, -0.05) is 42.0 Å². The van der Waals surface area contributed by atoms with E-state index in [0.29, 0.717) is 17.8 Å². The van der Waals surface area contributed by atoms with Gasteiger partial charge in [0.2, 0.25) is 0 Å². The van der Waals surface area contributed by atoms with Gasteiger partial charge in [0.25, 0.3) is 10.0 Å². The third-order valence-corrected chi connectivity index (χ3v) is 5.75. The summed E-state index contributed by atoms with van der Waals surface area (Å²) in [6.45, 7) is 1.93. The first-order valence-corrected chi connectivity index (χ1v) is 8.57. The van der Waals surface area contributed by atoms with Gasteiger partial charge in [-0.3, -0.25) is 0 Å². The number of fused-ring (bicyclic) bond motifs is 2. The van der Waals surface area contributed by atoms with E-state index in [0.717, 1.165) is 11.3 Å². The highest BCUT2D eigenvalue weighted by atomic mass is 32.2. The highest BCUT2D eigenvalue weighted by Gasteiger charge is 2.55. The molecule has 4 nitrogen and oxygen atoms in total. The predicted molar refractivity (Wildman–Crippen MR) is 81.2 cm³/mol. The molecule has 5 heteroatoms. The van der Waals surface area contributed by atoms with E-state index in [9.17, 15) is 8.42 Å². The topological polar surface area (TPSA) is 58.5 Å². The second kappa shape index (κ2) is 4.31. The van der Waals surface area contributed by atoms with Crippen molar-refractivity contribution in [3.63, 3.8) is 0 Å². The third-order valence-electron chi connectivity index (χ3n) is 4.52. The molecule has 2 unspecified atom stereocenters. The van der Waals surface area contributed by atoms with Crippen LogP contribution in [0.25, 0.3) is 0 Å². The predicted octanol–water partition coefficient (Wildman–Crippen LogP) is 2.25. The molecule has 0 amide bonds. The number of rotatable bonds is 3. The lowest BCUT2D eigenvalue weighted by molar-refractivity contribution is 0.583. The number of allylic oxidation sites excluding steroid dienone is 4. The van der Waals surface area contributed by atoms with Gasteiger partial charge >= 0.3 is 0 Å². The van der Waals surface area contributed by atoms with Crippen molar-refractivity contribution in [2.75, 3.05) is 0 Å². The molecule has 0 radical (unpaired) electrons. The fraction of sp³-hybridized carbons (Fsp3) is 0.312. The normalized spacial score (nSPS) is 34.0. The second-order valence-electron chi connectivity index (χ2n) is 5.92. The smallest absolute Gasteiger partial charge is 0.200 e. The molecule has 1 saturated carbocycles. The fourth-order valence-electron chi connectivity index (χ4n) is 3.26. The Morgan fingerprint density at radius 2 is 1.62 bits per heavy atom. The van der Waals surface area contributed by atoms with E-state index >= 15 is 0 Å². The van der Waals surface area contributed by atoms with Gasteiger partial charge in [0, 0.05) is 11.8 Å². The summed E-state index contributed by atoms with van der Waals surface area (Å²) in [5.41, 5.74) is 1.98. The van der Waals surface area contributed by atoms with Gasteiger partial charge in [0.05, 0.1) is 10.6 Å². The zero-order valence-corrected chi connectivity index (χ0v) is 12.4. The van der Waals surface area contributed by atoms with Crippen molar-refractivity contribution in [3.8, 4) is 0 Å². The van der Waals surface area contributed by atoms with E-state index < -0.39 is 10.0 Å². The van der Waals surface area contributed by atoms with Crippen LogP contribution in [-0.4, -0.2) is 14.1 Å². The summed E-state index contributed by atoms with van der Waals surface area (Å²) in [6.07, 6.45) is 8.69. The highest BCUT2D eigenvalue weighted by Crippen LogP contribution is 2.56. The Hall–Kier alpha value is -1.88. The first-order chi connectivity index (χ1) is 10.1. The van der Waals surface area contributed by atoms with Gasteiger partial charge in [-0.15, -0.1) is 0 Å². The molecule has 1 fully saturated rings. The van der Waals surface area contributed by atoms with Crippen LogP contribution in [0.4, 0.5) is 0 Å². The highest BCUT2D eigenvalue weighted by molar-refractivity contribution is 7.89. The Balaban J connectivity index is 1.60. The molecule has 0 heterocycles. The van der Waals surface area contributed by atoms with Crippen molar-refractivity contribution in [2.24, 2.45) is 28.8 Å². The number of hydrogen-bond acceptors (Lipinski definition) is 3. The van der Waals surface area contributed by atoms with Crippen molar-refractivity contribution in [3.05, 3.63) is 54.1 Å². The molecule has 0 aliphatic heterocycles. The van der Waals surface area contributed by atoms with Gasteiger partial charge < -0.3 is 0 Å². The molecule has 0 spiro atoms. The minimum Gasteiger partial charge on any atom is -0.200 e. The van der Waals surface area contributed by atoms with Crippen LogP contribution in [0, 0.1) is 30.6 Å². The van der Waals surface area contributed by atoms with E-state index in [-0.39, 0.29) is 10.8 Å². The maximum Gasteiger partial charge on any atom is 0.276 e. The molecule has 2 bridgehead atoms. The van der Waals surface area contributed by atoms with Crippen LogP contribution in [0.1, 0.15) is 5.56 Å². The van der Waals surface area contributed by atoms with Crippen molar-refractivity contribution in [1.82, 2.24) is 4.83 Å². The van der Waals surface area contributed by atoms with Gasteiger partial charge in [0.1, 0.15) is 0 Å². The lowest BCUT2D eigenvalue weighted by Crippen LogP contribution is -2.26. The molecular formula is C16H16N2O2S. The van der Waals surface area contributed by atoms with Crippen LogP contribution in [0.2, 0.25) is 0 Å². The first kappa shape index (κ1) is 12.8. The molecule has 108 valence electrons. The van der Waals surface area contributed by atoms with Gasteiger partial charge in [-0.2, -0.15) is 13.5 Å². The number of hydrazone groups is 1. The Labute approximate surface area is 124 Å². The molecule has 3 aliphatic rings. The van der Waals surface area contributed by atoms with Crippen LogP contribution >= 0.6 is 0 Å². The summed E-state index contributed by atoms with van der Waals surface area (Å²) in [5.74, 6) is 1.57. The van der Waals surface area contributed by atoms with Crippen molar-refractivity contribution < 1.29 is 8.42 Å². The quantitative estimate of drug-likeness (QED) is 0.687. The maximum atomic E-state index is 12.3. The Morgan fingerprint density at radius 1 is 1.00 bits per heavy atom. The van der Waals surface area contributed by atoms with Crippen molar-refractivity contribution in [1.29, 1.82) is 0 Å². The summed E-state index contributed by atoms with van der Waals surface area (Å²) in [5, 5.41) is 4.24. The van der Waals surface area contributed by atoms with Crippen LogP contribution in [0.3, 0.4) is 0 Å². The number of aryl methyl sites for hydroxylation is 1. The number of nitrogens with zero attached hydrogens (tertiary/aromatic N) is 1. The fourth-order valence-corrected chi connectivity index (χ4v) is 4.09. The van der Waals surface area contributed by atoms with E-state index in [2.05, 4.69) is 34.2 Å². The summed E-state index contributed by atoms with van der Waals surface area (Å²) < 4.78 is 24.5. The number of sulfonamides is 1. The zero-order valence-electron chi connectivity index (χ0n) is 11.6. The SMILES string of the molecule is Cc1ccc(S(=O)(=O)N/N=C2\C3C=CC4C(C=C3)C24)cc1. The number of nitrogens with one attached hydrogen (secondary N) is 1. The van der Waals surface area contributed by atoms with Crippen LogP contribution in [0.5, 0.6) is 0 Å². The molecule has 3 aliphatic carbocycles. The minimum absolute atomic E-state index is 0.144. The number of hydrogen-bond donors (Lipinski definition) is 1. The number of benzene rings is 1. The molecule has 2 atom stereocenters. The van der Waals surface area contributed by atoms with Crippen molar-refractivity contribution >= 4 is 15.7 Å². The Bertz CT molecular complexity index is 755. The van der Waals surface area contributed by atoms with Crippen molar-refractivity contribution in [2.45, 2.75) is 11.8 Å². The Kier molecular flexibility index (Phi) is 2.63.